The molecule has 36 heavy (non-hydrogen) atoms. The molecule has 0 aliphatic rings. The SMILES string of the molecule is C[N+](C)(C)CCCOc1c(I)cc(CC[N+](C)(C)C)cc1I.O=C([O-])C(F)(F)F.O=C([O-])C(F)(F)F. The van der Waals surface area contributed by atoms with Crippen LogP contribution in [0.1, 0.15) is 12.0 Å². The summed E-state index contributed by atoms with van der Waals surface area (Å²) >= 11 is 4.80. The van der Waals surface area contributed by atoms with Gasteiger partial charge in [-0.2, -0.15) is 26.3 Å². The first-order valence-corrected chi connectivity index (χ1v) is 12.3. The predicted molar refractivity (Wildman–Crippen MR) is 134 cm³/mol. The smallest absolute Gasteiger partial charge is 0.430 e. The van der Waals surface area contributed by atoms with Crippen LogP contribution in [0.15, 0.2) is 12.1 Å². The molecule has 0 bridgehead atoms. The van der Waals surface area contributed by atoms with Gasteiger partial charge in [0.1, 0.15) is 17.7 Å². The second kappa shape index (κ2) is 15.4. The number of nitrogens with zero attached hydrogens (tertiary/aromatic N) is 2. The van der Waals surface area contributed by atoms with Gasteiger partial charge in [0.25, 0.3) is 0 Å². The molecule has 0 aromatic heterocycles. The van der Waals surface area contributed by atoms with E-state index >= 15 is 0 Å². The standard InChI is InChI=1S/C17H30I2N2O.2C2HF3O2/c1-20(2,3)9-7-11-22-17-15(18)12-14(13-16(17)19)8-10-21(4,5)6;2*3-2(4,5)1(6)7/h12-13H,7-11H2,1-6H3;2*(H,6,7)/q+2;;/p-2. The number of benzene rings is 1. The van der Waals surface area contributed by atoms with Crippen LogP contribution in [0.5, 0.6) is 5.75 Å². The highest BCUT2D eigenvalue weighted by Crippen LogP contribution is 2.29. The number of carboxylic acid groups (broad SMARTS) is 2. The molecular weight excluding hydrogens is 728 g/mol. The second-order valence-corrected chi connectivity index (χ2v) is 11.8. The minimum absolute atomic E-state index is 0.791. The number of likely N-dealkylation sites (N-methyl/N-ethyl adjacent to an activating group) is 1. The first-order chi connectivity index (χ1) is 15.9. The van der Waals surface area contributed by atoms with Gasteiger partial charge >= 0.3 is 12.4 Å². The zero-order chi connectivity index (χ0) is 29.1. The summed E-state index contributed by atoms with van der Waals surface area (Å²) in [6.45, 7) is 3.07. The predicted octanol–water partition coefficient (Wildman–Crippen LogP) is 2.22. The van der Waals surface area contributed by atoms with E-state index in [4.69, 9.17) is 24.5 Å². The van der Waals surface area contributed by atoms with Gasteiger partial charge in [0, 0.05) is 12.8 Å². The molecule has 0 heterocycles. The van der Waals surface area contributed by atoms with Crippen LogP contribution in [0.3, 0.4) is 0 Å². The van der Waals surface area contributed by atoms with Gasteiger partial charge in [-0.1, -0.05) is 0 Å². The average Bonchev–Trinajstić information content (AvgIpc) is 2.63. The molecule has 0 saturated heterocycles. The van der Waals surface area contributed by atoms with Crippen LogP contribution in [-0.4, -0.2) is 95.2 Å². The maximum Gasteiger partial charge on any atom is 0.430 e. The molecule has 0 aliphatic heterocycles. The van der Waals surface area contributed by atoms with Gasteiger partial charge < -0.3 is 33.5 Å². The van der Waals surface area contributed by atoms with Gasteiger partial charge in [0.05, 0.1) is 69.1 Å². The zero-order valence-electron chi connectivity index (χ0n) is 20.6. The lowest BCUT2D eigenvalue weighted by Crippen LogP contribution is -2.37. The number of halogens is 8. The topological polar surface area (TPSA) is 89.5 Å². The van der Waals surface area contributed by atoms with Gasteiger partial charge in [-0.05, 0) is 62.9 Å². The summed E-state index contributed by atoms with van der Waals surface area (Å²) in [5, 5.41) is 17.6. The molecule has 7 nitrogen and oxygen atoms in total. The number of hydrogen-bond acceptors (Lipinski definition) is 5. The minimum Gasteiger partial charge on any atom is -0.542 e. The number of aliphatic carboxylic acids is 2. The Morgan fingerprint density at radius 2 is 1.14 bits per heavy atom. The Bertz CT molecular complexity index is 804. The fraction of sp³-hybridized carbons (Fsp3) is 0.619. The van der Waals surface area contributed by atoms with Crippen LogP contribution in [0.2, 0.25) is 0 Å². The fourth-order valence-electron chi connectivity index (χ4n) is 2.07. The van der Waals surface area contributed by atoms with E-state index in [0.29, 0.717) is 0 Å². The third-order valence-electron chi connectivity index (χ3n) is 3.81. The second-order valence-electron chi connectivity index (χ2n) is 9.44. The lowest BCUT2D eigenvalue weighted by atomic mass is 10.1. The third-order valence-corrected chi connectivity index (χ3v) is 5.41. The molecule has 15 heteroatoms. The number of carbonyl (C=O) groups excluding carboxylic acids is 2. The number of ether oxygens (including phenoxy) is 1. The van der Waals surface area contributed by atoms with E-state index in [9.17, 15) is 26.3 Å². The normalized spacial score (nSPS) is 12.1. The van der Waals surface area contributed by atoms with Crippen molar-refractivity contribution < 1.29 is 59.8 Å². The molecule has 210 valence electrons. The van der Waals surface area contributed by atoms with Gasteiger partial charge in [0.2, 0.25) is 0 Å². The largest absolute Gasteiger partial charge is 0.542 e. The molecule has 0 spiro atoms. The Morgan fingerprint density at radius 1 is 0.806 bits per heavy atom. The van der Waals surface area contributed by atoms with Crippen LogP contribution >= 0.6 is 45.2 Å². The fourth-order valence-corrected chi connectivity index (χ4v) is 4.28. The molecule has 1 aromatic rings. The molecule has 0 fully saturated rings. The maximum absolute atomic E-state index is 10.5. The van der Waals surface area contributed by atoms with Crippen molar-refractivity contribution in [2.45, 2.75) is 25.2 Å². The highest BCUT2D eigenvalue weighted by molar-refractivity contribution is 14.1. The summed E-state index contributed by atoms with van der Waals surface area (Å²) in [6, 6.07) is 4.54. The van der Waals surface area contributed by atoms with E-state index in [1.807, 2.05) is 0 Å². The molecule has 0 saturated carbocycles. The van der Waals surface area contributed by atoms with Gasteiger partial charge in [-0.25, -0.2) is 0 Å². The van der Waals surface area contributed by atoms with Crippen LogP contribution in [0.25, 0.3) is 0 Å². The molecule has 0 atom stereocenters. The Morgan fingerprint density at radius 3 is 1.42 bits per heavy atom. The van der Waals surface area contributed by atoms with Crippen molar-refractivity contribution in [1.29, 1.82) is 0 Å². The van der Waals surface area contributed by atoms with Gasteiger partial charge in [0.15, 0.2) is 0 Å². The van der Waals surface area contributed by atoms with E-state index in [0.717, 1.165) is 47.3 Å². The summed E-state index contributed by atoms with van der Waals surface area (Å²) in [5.41, 5.74) is 1.40. The van der Waals surface area contributed by atoms with Gasteiger partial charge in [-0.3, -0.25) is 0 Å². The molecule has 0 aliphatic carbocycles. The number of rotatable bonds is 8. The third kappa shape index (κ3) is 20.0. The first kappa shape index (κ1) is 37.1. The van der Waals surface area contributed by atoms with Crippen LogP contribution in [0, 0.1) is 7.14 Å². The maximum atomic E-state index is 10.5. The van der Waals surface area contributed by atoms with Crippen molar-refractivity contribution in [3.05, 3.63) is 24.8 Å². The number of quaternary nitrogens is 2. The van der Waals surface area contributed by atoms with E-state index in [-0.39, 0.29) is 0 Å². The number of carboxylic acids is 2. The summed E-state index contributed by atoms with van der Waals surface area (Å²) in [7, 11) is 13.4. The summed E-state index contributed by atoms with van der Waals surface area (Å²) < 4.78 is 73.6. The molecule has 0 radical (unpaired) electrons. The zero-order valence-corrected chi connectivity index (χ0v) is 25.0. The molecular formula is C21H30F6I2N2O5. The minimum atomic E-state index is -5.19. The van der Waals surface area contributed by atoms with Crippen molar-refractivity contribution in [1.82, 2.24) is 0 Å². The van der Waals surface area contributed by atoms with Crippen molar-refractivity contribution in [2.24, 2.45) is 0 Å². The number of alkyl halides is 6. The van der Waals surface area contributed by atoms with Crippen molar-refractivity contribution >= 4 is 57.1 Å². The van der Waals surface area contributed by atoms with Crippen molar-refractivity contribution in [3.63, 3.8) is 0 Å². The van der Waals surface area contributed by atoms with Crippen LogP contribution in [-0.2, 0) is 16.0 Å². The van der Waals surface area contributed by atoms with E-state index in [1.54, 1.807) is 0 Å². The Kier molecular flexibility index (Phi) is 15.8. The molecule has 1 rings (SSSR count). The van der Waals surface area contributed by atoms with Crippen molar-refractivity contribution in [2.75, 3.05) is 62.0 Å². The monoisotopic (exact) mass is 758 g/mol. The van der Waals surface area contributed by atoms with Gasteiger partial charge in [-0.15, -0.1) is 0 Å². The summed E-state index contributed by atoms with van der Waals surface area (Å²) in [4.78, 5) is 17.6. The first-order valence-electron chi connectivity index (χ1n) is 10.1. The molecule has 1 aromatic carbocycles. The Hall–Kier alpha value is -1.08. The number of hydrogen-bond donors (Lipinski definition) is 0. The van der Waals surface area contributed by atoms with E-state index in [2.05, 4.69) is 99.6 Å². The summed E-state index contributed by atoms with van der Waals surface area (Å²) in [5.74, 6) is -4.96. The average molecular weight is 758 g/mol. The highest BCUT2D eigenvalue weighted by Gasteiger charge is 2.29. The van der Waals surface area contributed by atoms with E-state index < -0.39 is 24.3 Å². The Balaban J connectivity index is 0. The summed E-state index contributed by atoms with van der Waals surface area (Å²) in [6.07, 6.45) is -8.20. The molecule has 0 unspecified atom stereocenters. The molecule has 0 amide bonds. The quantitative estimate of drug-likeness (QED) is 0.176. The van der Waals surface area contributed by atoms with Crippen LogP contribution in [0.4, 0.5) is 26.3 Å². The molecule has 0 N–H and O–H groups in total. The lowest BCUT2D eigenvalue weighted by Gasteiger charge is -2.24. The van der Waals surface area contributed by atoms with E-state index in [1.165, 1.54) is 12.7 Å². The lowest BCUT2D eigenvalue weighted by molar-refractivity contribution is -0.870. The Labute approximate surface area is 233 Å². The van der Waals surface area contributed by atoms with Crippen LogP contribution < -0.4 is 14.9 Å². The van der Waals surface area contributed by atoms with Crippen molar-refractivity contribution in [3.8, 4) is 5.75 Å². The number of carbonyl (C=O) groups is 2. The highest BCUT2D eigenvalue weighted by atomic mass is 127.